The summed E-state index contributed by atoms with van der Waals surface area (Å²) in [6.07, 6.45) is 1.24. The van der Waals surface area contributed by atoms with Crippen LogP contribution >= 0.6 is 0 Å². The van der Waals surface area contributed by atoms with Crippen LogP contribution in [0.1, 0.15) is 46.1 Å². The van der Waals surface area contributed by atoms with Gasteiger partial charge in [-0.05, 0) is 53.8 Å². The first-order valence-corrected chi connectivity index (χ1v) is 14.3. The summed E-state index contributed by atoms with van der Waals surface area (Å²) in [4.78, 5) is 31.6. The molecule has 1 aromatic heterocycles. The number of nitrogens with one attached hydrogen (secondary N) is 1. The first kappa shape index (κ1) is 25.5. The largest absolute Gasteiger partial charge is 0.310 e. The Balaban J connectivity index is 1.37. The molecule has 5 rings (SSSR count). The van der Waals surface area contributed by atoms with Gasteiger partial charge in [0, 0.05) is 5.56 Å². The molecule has 0 fully saturated rings. The Morgan fingerprint density at radius 2 is 1.47 bits per heavy atom. The van der Waals surface area contributed by atoms with Crippen LogP contribution in [-0.4, -0.2) is 30.8 Å². The third-order valence-corrected chi connectivity index (χ3v) is 8.92. The minimum atomic E-state index is -3.29. The molecule has 1 aliphatic rings. The van der Waals surface area contributed by atoms with E-state index in [-0.39, 0.29) is 28.8 Å². The molecule has 7 heteroatoms. The Morgan fingerprint density at radius 3 is 2.05 bits per heavy atom. The summed E-state index contributed by atoms with van der Waals surface area (Å²) in [6, 6.07) is 29.5. The Labute approximate surface area is 222 Å². The second-order valence-electron chi connectivity index (χ2n) is 9.43. The quantitative estimate of drug-likeness (QED) is 0.360. The van der Waals surface area contributed by atoms with Gasteiger partial charge in [-0.2, -0.15) is 0 Å². The number of Topliss-reactive ketones (excluding diaryl/α,β-unsaturated/α-hetero) is 1. The molecule has 0 atom stereocenters. The van der Waals surface area contributed by atoms with Gasteiger partial charge in [0.15, 0.2) is 15.6 Å². The van der Waals surface area contributed by atoms with Gasteiger partial charge < -0.3 is 5.32 Å². The Hall–Kier alpha value is -4.10. The van der Waals surface area contributed by atoms with Crippen LogP contribution in [-0.2, 0) is 32.9 Å². The van der Waals surface area contributed by atoms with Crippen molar-refractivity contribution >= 4 is 27.3 Å². The highest BCUT2D eigenvalue weighted by atomic mass is 32.2. The predicted octanol–water partition coefficient (Wildman–Crippen LogP) is 5.17. The lowest BCUT2D eigenvalue weighted by atomic mass is 9.63. The van der Waals surface area contributed by atoms with Gasteiger partial charge in [-0.1, -0.05) is 79.7 Å². The number of pyridine rings is 1. The number of rotatable bonds is 7. The molecule has 0 radical (unpaired) electrons. The molecular weight excluding hydrogens is 496 g/mol. The molecular formula is C31H28N2O4S. The lowest BCUT2D eigenvalue weighted by molar-refractivity contribution is -0.115. The minimum Gasteiger partial charge on any atom is -0.310 e. The average Bonchev–Trinajstić information content (AvgIpc) is 2.94. The summed E-state index contributed by atoms with van der Waals surface area (Å²) in [6.45, 7) is 1.60. The van der Waals surface area contributed by atoms with E-state index >= 15 is 0 Å². The van der Waals surface area contributed by atoms with Crippen LogP contribution in [0.4, 0.5) is 5.82 Å². The normalized spacial score (nSPS) is 14.5. The molecule has 38 heavy (non-hydrogen) atoms. The monoisotopic (exact) mass is 524 g/mol. The number of aromatic nitrogens is 1. The molecule has 1 N–H and O–H groups in total. The maximum Gasteiger partial charge on any atom is 0.229 e. The van der Waals surface area contributed by atoms with E-state index in [1.807, 2.05) is 60.7 Å². The number of aryl methyl sites for hydroxylation is 1. The van der Waals surface area contributed by atoms with Crippen molar-refractivity contribution in [3.05, 3.63) is 125 Å². The highest BCUT2D eigenvalue weighted by molar-refractivity contribution is 7.91. The number of benzene rings is 3. The Morgan fingerprint density at radius 1 is 0.868 bits per heavy atom. The van der Waals surface area contributed by atoms with Crippen molar-refractivity contribution in [3.8, 4) is 0 Å². The number of fused-ring (bicyclic) bond motifs is 1. The minimum absolute atomic E-state index is 0.00338. The smallest absolute Gasteiger partial charge is 0.229 e. The van der Waals surface area contributed by atoms with Gasteiger partial charge in [0.1, 0.15) is 5.82 Å². The third-order valence-electron chi connectivity index (χ3n) is 7.17. The molecule has 1 aliphatic carbocycles. The number of nitrogens with zero attached hydrogens (tertiary/aromatic N) is 1. The molecule has 0 saturated heterocycles. The van der Waals surface area contributed by atoms with Gasteiger partial charge in [0.25, 0.3) is 0 Å². The standard InChI is InChI=1S/C31H28N2O4S/c1-2-38(36,37)25-15-13-22(14-16-25)21-29(34)33-28-18-17-26-27(32-28)19-20-31(30(26)35,23-9-5-3-6-10-23)24-11-7-4-8-12-24/h3-18H,2,19-21H2,1H3,(H,32,33,34). The van der Waals surface area contributed by atoms with Crippen molar-refractivity contribution in [1.29, 1.82) is 0 Å². The van der Waals surface area contributed by atoms with Crippen molar-refractivity contribution in [2.24, 2.45) is 0 Å². The highest BCUT2D eigenvalue weighted by Gasteiger charge is 2.45. The molecule has 0 bridgehead atoms. The Kier molecular flexibility index (Phi) is 6.95. The van der Waals surface area contributed by atoms with E-state index in [0.29, 0.717) is 35.5 Å². The first-order valence-electron chi connectivity index (χ1n) is 12.6. The second kappa shape index (κ2) is 10.3. The number of hydrogen-bond acceptors (Lipinski definition) is 5. The molecule has 4 aromatic rings. The van der Waals surface area contributed by atoms with Crippen molar-refractivity contribution < 1.29 is 18.0 Å². The molecule has 192 valence electrons. The van der Waals surface area contributed by atoms with Crippen LogP contribution in [0.25, 0.3) is 0 Å². The summed E-state index contributed by atoms with van der Waals surface area (Å²) < 4.78 is 24.0. The van der Waals surface area contributed by atoms with E-state index in [0.717, 1.165) is 11.1 Å². The molecule has 0 aliphatic heterocycles. The summed E-state index contributed by atoms with van der Waals surface area (Å²) in [5.41, 5.74) is 3.05. The lowest BCUT2D eigenvalue weighted by Crippen LogP contribution is -2.41. The van der Waals surface area contributed by atoms with Crippen molar-refractivity contribution in [3.63, 3.8) is 0 Å². The van der Waals surface area contributed by atoms with Crippen LogP contribution in [0.3, 0.4) is 0 Å². The second-order valence-corrected chi connectivity index (χ2v) is 11.7. The van der Waals surface area contributed by atoms with Crippen LogP contribution in [0.5, 0.6) is 0 Å². The topological polar surface area (TPSA) is 93.2 Å². The number of carbonyl (C=O) groups is 2. The fraction of sp³-hybridized carbons (Fsp3) is 0.194. The van der Waals surface area contributed by atoms with Gasteiger partial charge in [-0.3, -0.25) is 9.59 Å². The van der Waals surface area contributed by atoms with E-state index in [9.17, 15) is 18.0 Å². The van der Waals surface area contributed by atoms with Gasteiger partial charge in [-0.25, -0.2) is 13.4 Å². The van der Waals surface area contributed by atoms with Gasteiger partial charge in [0.2, 0.25) is 5.91 Å². The van der Waals surface area contributed by atoms with Crippen molar-refractivity contribution in [2.75, 3.05) is 11.1 Å². The predicted molar refractivity (Wildman–Crippen MR) is 147 cm³/mol. The number of amides is 1. The van der Waals surface area contributed by atoms with Crippen LogP contribution < -0.4 is 5.32 Å². The summed E-state index contributed by atoms with van der Waals surface area (Å²) in [7, 11) is -3.29. The van der Waals surface area contributed by atoms with E-state index in [1.165, 1.54) is 12.1 Å². The van der Waals surface area contributed by atoms with E-state index in [1.54, 1.807) is 31.2 Å². The zero-order valence-electron chi connectivity index (χ0n) is 21.1. The number of hydrogen-bond donors (Lipinski definition) is 1. The SMILES string of the molecule is CCS(=O)(=O)c1ccc(CC(=O)Nc2ccc3c(n2)CCC(c2ccccc2)(c2ccccc2)C3=O)cc1. The van der Waals surface area contributed by atoms with Crippen LogP contribution in [0.15, 0.2) is 102 Å². The van der Waals surface area contributed by atoms with E-state index in [2.05, 4.69) is 10.3 Å². The van der Waals surface area contributed by atoms with Crippen LogP contribution in [0.2, 0.25) is 0 Å². The average molecular weight is 525 g/mol. The number of anilines is 1. The maximum atomic E-state index is 14.1. The lowest BCUT2D eigenvalue weighted by Gasteiger charge is -2.37. The summed E-state index contributed by atoms with van der Waals surface area (Å²) in [5.74, 6) is 0.146. The molecule has 3 aromatic carbocycles. The maximum absolute atomic E-state index is 14.1. The number of carbonyl (C=O) groups excluding carboxylic acids is 2. The van der Waals surface area contributed by atoms with E-state index in [4.69, 9.17) is 0 Å². The fourth-order valence-electron chi connectivity index (χ4n) is 5.13. The molecule has 0 unspecified atom stereocenters. The molecule has 1 heterocycles. The van der Waals surface area contributed by atoms with Gasteiger partial charge >= 0.3 is 0 Å². The number of sulfone groups is 1. The molecule has 1 amide bonds. The van der Waals surface area contributed by atoms with Gasteiger partial charge in [0.05, 0.1) is 28.2 Å². The first-order chi connectivity index (χ1) is 18.3. The molecule has 0 spiro atoms. The highest BCUT2D eigenvalue weighted by Crippen LogP contribution is 2.43. The zero-order valence-corrected chi connectivity index (χ0v) is 21.9. The zero-order chi connectivity index (χ0) is 26.8. The van der Waals surface area contributed by atoms with Crippen LogP contribution in [0, 0.1) is 0 Å². The molecule has 0 saturated carbocycles. The van der Waals surface area contributed by atoms with Crippen molar-refractivity contribution in [2.45, 2.75) is 36.5 Å². The molecule has 6 nitrogen and oxygen atoms in total. The van der Waals surface area contributed by atoms with Crippen molar-refractivity contribution in [1.82, 2.24) is 4.98 Å². The summed E-state index contributed by atoms with van der Waals surface area (Å²) in [5, 5.41) is 2.82. The Bertz CT molecular complexity index is 1540. The fourth-order valence-corrected chi connectivity index (χ4v) is 6.02. The van der Waals surface area contributed by atoms with E-state index < -0.39 is 15.3 Å². The summed E-state index contributed by atoms with van der Waals surface area (Å²) >= 11 is 0. The third kappa shape index (κ3) is 4.77. The van der Waals surface area contributed by atoms with Gasteiger partial charge in [-0.15, -0.1) is 0 Å². The number of ketones is 1.